The molecule has 2 aromatic carbocycles. The Morgan fingerprint density at radius 2 is 1.42 bits per heavy atom. The van der Waals surface area contributed by atoms with E-state index >= 15 is 0 Å². The highest BCUT2D eigenvalue weighted by Crippen LogP contribution is 2.16. The van der Waals surface area contributed by atoms with Crippen LogP contribution in [0.5, 0.6) is 0 Å². The van der Waals surface area contributed by atoms with Gasteiger partial charge in [0.25, 0.3) is 0 Å². The fraction of sp³-hybridized carbons (Fsp3) is 0. The molecule has 0 heterocycles. The van der Waals surface area contributed by atoms with Crippen LogP contribution in [-0.2, 0) is 0 Å². The highest BCUT2D eigenvalue weighted by molar-refractivity contribution is 7.97. The highest BCUT2D eigenvalue weighted by atomic mass is 32.2. The molecule has 98 valence electrons. The number of carbonyl (C=O) groups excluding carboxylic acids is 1. The number of nitrogens with one attached hydrogen (secondary N) is 2. The second-order valence-electron chi connectivity index (χ2n) is 3.73. The largest absolute Gasteiger partial charge is 0.323 e. The van der Waals surface area contributed by atoms with Crippen LogP contribution < -0.4 is 15.8 Å². The summed E-state index contributed by atoms with van der Waals surface area (Å²) < 4.78 is 12.7. The fourth-order valence-electron chi connectivity index (χ4n) is 1.44. The van der Waals surface area contributed by atoms with Gasteiger partial charge in [-0.3, -0.25) is 5.14 Å². The number of nitrogens with two attached hydrogens (primary N) is 1. The zero-order valence-corrected chi connectivity index (χ0v) is 10.7. The standard InChI is InChI=1S/C13H12FN3OS/c14-9-1-3-10(4-2-9)16-13(18)17-11-5-7-12(19-15)8-6-11/h1-8H,15H2,(H2,16,17,18). The van der Waals surface area contributed by atoms with E-state index in [2.05, 4.69) is 10.6 Å². The van der Waals surface area contributed by atoms with Gasteiger partial charge < -0.3 is 10.6 Å². The van der Waals surface area contributed by atoms with E-state index in [0.717, 1.165) is 16.8 Å². The zero-order valence-electron chi connectivity index (χ0n) is 9.89. The molecule has 0 radical (unpaired) electrons. The second kappa shape index (κ2) is 6.21. The average Bonchev–Trinajstić information content (AvgIpc) is 2.42. The molecule has 0 unspecified atom stereocenters. The van der Waals surface area contributed by atoms with Crippen molar-refractivity contribution in [3.05, 3.63) is 54.3 Å². The molecule has 0 saturated heterocycles. The summed E-state index contributed by atoms with van der Waals surface area (Å²) in [5.74, 6) is -0.346. The Labute approximate surface area is 114 Å². The number of rotatable bonds is 3. The molecule has 0 aliphatic heterocycles. The van der Waals surface area contributed by atoms with Gasteiger partial charge >= 0.3 is 6.03 Å². The van der Waals surface area contributed by atoms with Crippen LogP contribution >= 0.6 is 11.9 Å². The van der Waals surface area contributed by atoms with Crippen LogP contribution in [0, 0.1) is 5.82 Å². The molecule has 0 saturated carbocycles. The van der Waals surface area contributed by atoms with Crippen molar-refractivity contribution in [2.24, 2.45) is 5.14 Å². The SMILES string of the molecule is NSc1ccc(NC(=O)Nc2ccc(F)cc2)cc1. The summed E-state index contributed by atoms with van der Waals surface area (Å²) in [6, 6.07) is 12.3. The normalized spacial score (nSPS) is 10.0. The molecule has 4 N–H and O–H groups in total. The minimum Gasteiger partial charge on any atom is -0.308 e. The van der Waals surface area contributed by atoms with Crippen molar-refractivity contribution in [2.45, 2.75) is 4.90 Å². The van der Waals surface area contributed by atoms with Gasteiger partial charge in [0.15, 0.2) is 0 Å². The van der Waals surface area contributed by atoms with Crippen LogP contribution in [0.3, 0.4) is 0 Å². The lowest BCUT2D eigenvalue weighted by molar-refractivity contribution is 0.262. The lowest BCUT2D eigenvalue weighted by atomic mass is 10.3. The van der Waals surface area contributed by atoms with Gasteiger partial charge in [-0.1, -0.05) is 0 Å². The summed E-state index contributed by atoms with van der Waals surface area (Å²) >= 11 is 1.14. The summed E-state index contributed by atoms with van der Waals surface area (Å²) in [5.41, 5.74) is 1.17. The molecular weight excluding hydrogens is 265 g/mol. The molecule has 2 amide bonds. The van der Waals surface area contributed by atoms with Gasteiger partial charge in [-0.25, -0.2) is 9.18 Å². The van der Waals surface area contributed by atoms with Gasteiger partial charge in [-0.2, -0.15) is 0 Å². The predicted octanol–water partition coefficient (Wildman–Crippen LogP) is 3.44. The van der Waals surface area contributed by atoms with Crippen LogP contribution in [-0.4, -0.2) is 6.03 Å². The number of benzene rings is 2. The summed E-state index contributed by atoms with van der Waals surface area (Å²) in [7, 11) is 0. The molecule has 2 rings (SSSR count). The first-order chi connectivity index (χ1) is 9.17. The van der Waals surface area contributed by atoms with Crippen molar-refractivity contribution in [3.8, 4) is 0 Å². The Morgan fingerprint density at radius 3 is 1.89 bits per heavy atom. The third-order valence-corrected chi connectivity index (χ3v) is 2.89. The maximum Gasteiger partial charge on any atom is 0.323 e. The lowest BCUT2D eigenvalue weighted by Gasteiger charge is -2.07. The Bertz CT molecular complexity index is 557. The van der Waals surface area contributed by atoms with E-state index in [1.54, 1.807) is 24.3 Å². The van der Waals surface area contributed by atoms with E-state index < -0.39 is 0 Å². The smallest absolute Gasteiger partial charge is 0.308 e. The van der Waals surface area contributed by atoms with Gasteiger partial charge in [0.05, 0.1) is 0 Å². The first-order valence-corrected chi connectivity index (χ1v) is 6.36. The molecule has 0 spiro atoms. The molecule has 0 aliphatic carbocycles. The summed E-state index contributed by atoms with van der Waals surface area (Å²) in [5, 5.41) is 10.7. The minimum atomic E-state index is -0.389. The molecule has 0 aromatic heterocycles. The van der Waals surface area contributed by atoms with Crippen molar-refractivity contribution < 1.29 is 9.18 Å². The quantitative estimate of drug-likeness (QED) is 0.753. The average molecular weight is 277 g/mol. The molecule has 0 atom stereocenters. The third-order valence-electron chi connectivity index (χ3n) is 2.35. The maximum atomic E-state index is 12.7. The Morgan fingerprint density at radius 1 is 0.947 bits per heavy atom. The molecule has 2 aromatic rings. The number of amides is 2. The van der Waals surface area contributed by atoms with Crippen molar-refractivity contribution in [1.82, 2.24) is 0 Å². The maximum absolute atomic E-state index is 12.7. The monoisotopic (exact) mass is 277 g/mol. The van der Waals surface area contributed by atoms with E-state index in [1.165, 1.54) is 24.3 Å². The second-order valence-corrected chi connectivity index (χ2v) is 4.44. The summed E-state index contributed by atoms with van der Waals surface area (Å²) in [4.78, 5) is 12.6. The number of carbonyl (C=O) groups is 1. The zero-order chi connectivity index (χ0) is 13.7. The lowest BCUT2D eigenvalue weighted by Crippen LogP contribution is -2.19. The minimum absolute atomic E-state index is 0.346. The number of hydrogen-bond donors (Lipinski definition) is 3. The van der Waals surface area contributed by atoms with Crippen molar-refractivity contribution in [2.75, 3.05) is 10.6 Å². The number of urea groups is 1. The van der Waals surface area contributed by atoms with Crippen LogP contribution in [0.25, 0.3) is 0 Å². The number of hydrogen-bond acceptors (Lipinski definition) is 3. The Balaban J connectivity index is 1.95. The molecule has 4 nitrogen and oxygen atoms in total. The predicted molar refractivity (Wildman–Crippen MR) is 75.5 cm³/mol. The van der Waals surface area contributed by atoms with E-state index in [1.807, 2.05) is 0 Å². The molecule has 0 aliphatic rings. The van der Waals surface area contributed by atoms with Crippen LogP contribution in [0.2, 0.25) is 0 Å². The number of halogens is 1. The van der Waals surface area contributed by atoms with Crippen LogP contribution in [0.1, 0.15) is 0 Å². The van der Waals surface area contributed by atoms with Crippen molar-refractivity contribution >= 4 is 29.4 Å². The first-order valence-electron chi connectivity index (χ1n) is 5.48. The molecule has 6 heteroatoms. The van der Waals surface area contributed by atoms with Gasteiger partial charge in [0.2, 0.25) is 0 Å². The fourth-order valence-corrected chi connectivity index (χ4v) is 1.74. The van der Waals surface area contributed by atoms with Crippen LogP contribution in [0.4, 0.5) is 20.6 Å². The van der Waals surface area contributed by atoms with Gasteiger partial charge in [-0.05, 0) is 60.5 Å². The van der Waals surface area contributed by atoms with Gasteiger partial charge in [0, 0.05) is 16.3 Å². The Kier molecular flexibility index (Phi) is 4.38. The molecule has 0 fully saturated rings. The van der Waals surface area contributed by atoms with Crippen molar-refractivity contribution in [3.63, 3.8) is 0 Å². The van der Waals surface area contributed by atoms with Gasteiger partial charge in [-0.15, -0.1) is 0 Å². The number of anilines is 2. The molecule has 19 heavy (non-hydrogen) atoms. The molecule has 0 bridgehead atoms. The Hall–Kier alpha value is -2.05. The topological polar surface area (TPSA) is 67.1 Å². The first kappa shape index (κ1) is 13.4. The highest BCUT2D eigenvalue weighted by Gasteiger charge is 2.02. The van der Waals surface area contributed by atoms with Crippen LogP contribution in [0.15, 0.2) is 53.4 Å². The van der Waals surface area contributed by atoms with Gasteiger partial charge in [0.1, 0.15) is 5.82 Å². The van der Waals surface area contributed by atoms with E-state index in [4.69, 9.17) is 5.14 Å². The van der Waals surface area contributed by atoms with E-state index in [0.29, 0.717) is 11.4 Å². The van der Waals surface area contributed by atoms with E-state index in [9.17, 15) is 9.18 Å². The third kappa shape index (κ3) is 3.97. The van der Waals surface area contributed by atoms with Crippen molar-refractivity contribution in [1.29, 1.82) is 0 Å². The summed E-state index contributed by atoms with van der Waals surface area (Å²) in [6.45, 7) is 0. The summed E-state index contributed by atoms with van der Waals surface area (Å²) in [6.07, 6.45) is 0. The van der Waals surface area contributed by atoms with E-state index in [-0.39, 0.29) is 11.8 Å². The molecular formula is C13H12FN3OS.